The zero-order chi connectivity index (χ0) is 15.4. The first kappa shape index (κ1) is 14.3. The Morgan fingerprint density at radius 3 is 2.52 bits per heavy atom. The van der Waals surface area contributed by atoms with Crippen LogP contribution < -0.4 is 4.90 Å². The Morgan fingerprint density at radius 2 is 1.86 bits per heavy atom. The monoisotopic (exact) mass is 280 g/mol. The van der Waals surface area contributed by atoms with Gasteiger partial charge in [0.1, 0.15) is 0 Å². The molecule has 0 aliphatic carbocycles. The molecule has 0 fully saturated rings. The molecule has 104 valence electrons. The number of carboxylic acid groups (broad SMARTS) is 1. The summed E-state index contributed by atoms with van der Waals surface area (Å²) in [6.07, 6.45) is 0. The van der Waals surface area contributed by atoms with Gasteiger partial charge in [0, 0.05) is 12.6 Å². The van der Waals surface area contributed by atoms with E-state index in [0.717, 1.165) is 0 Å². The molecule has 0 saturated carbocycles. The maximum absolute atomic E-state index is 12.4. The van der Waals surface area contributed by atoms with E-state index in [1.54, 1.807) is 36.4 Å². The molecular formula is C16H12N2O3. The molecule has 0 aromatic heterocycles. The first-order chi connectivity index (χ1) is 10.0. The van der Waals surface area contributed by atoms with Crippen molar-refractivity contribution in [3.8, 4) is 6.07 Å². The third-order valence-electron chi connectivity index (χ3n) is 3.04. The number of para-hydroxylation sites is 1. The van der Waals surface area contributed by atoms with E-state index < -0.39 is 5.97 Å². The van der Waals surface area contributed by atoms with Crippen molar-refractivity contribution in [1.29, 1.82) is 5.26 Å². The minimum Gasteiger partial charge on any atom is -0.478 e. The molecule has 2 rings (SSSR count). The number of aromatic carboxylic acids is 1. The minimum absolute atomic E-state index is 0.0461. The molecule has 0 spiro atoms. The lowest BCUT2D eigenvalue weighted by molar-refractivity contribution is 0.0697. The number of nitrogens with zero attached hydrogens (tertiary/aromatic N) is 2. The maximum Gasteiger partial charge on any atom is 0.337 e. The molecule has 1 N–H and O–H groups in total. The molecule has 0 aliphatic heterocycles. The van der Waals surface area contributed by atoms with Crippen molar-refractivity contribution in [1.82, 2.24) is 0 Å². The molecule has 0 radical (unpaired) electrons. The Kier molecular flexibility index (Phi) is 4.00. The topological polar surface area (TPSA) is 81.4 Å². The standard InChI is InChI=1S/C16H12N2O3/c1-18(14-8-3-2-7-13(14)16(20)21)15(19)12-6-4-5-11(9-12)10-17/h2-9H,1H3,(H,20,21). The molecule has 5 heteroatoms. The van der Waals surface area contributed by atoms with Crippen LogP contribution in [0.4, 0.5) is 5.69 Å². The second kappa shape index (κ2) is 5.88. The van der Waals surface area contributed by atoms with Gasteiger partial charge in [-0.2, -0.15) is 5.26 Å². The fourth-order valence-corrected chi connectivity index (χ4v) is 1.97. The van der Waals surface area contributed by atoms with Gasteiger partial charge in [-0.25, -0.2) is 4.79 Å². The van der Waals surface area contributed by atoms with E-state index >= 15 is 0 Å². The van der Waals surface area contributed by atoms with E-state index in [1.807, 2.05) is 6.07 Å². The van der Waals surface area contributed by atoms with E-state index in [4.69, 9.17) is 10.4 Å². The Bertz CT molecular complexity index is 747. The first-order valence-corrected chi connectivity index (χ1v) is 6.15. The van der Waals surface area contributed by atoms with Crippen molar-refractivity contribution in [2.45, 2.75) is 0 Å². The average molecular weight is 280 g/mol. The number of nitriles is 1. The van der Waals surface area contributed by atoms with Crippen LogP contribution in [0.2, 0.25) is 0 Å². The van der Waals surface area contributed by atoms with E-state index in [2.05, 4.69) is 0 Å². The second-order valence-electron chi connectivity index (χ2n) is 4.38. The number of benzene rings is 2. The van der Waals surface area contributed by atoms with Crippen molar-refractivity contribution in [3.05, 3.63) is 65.2 Å². The average Bonchev–Trinajstić information content (AvgIpc) is 2.53. The fraction of sp³-hybridized carbons (Fsp3) is 0.0625. The van der Waals surface area contributed by atoms with Crippen LogP contribution in [0.25, 0.3) is 0 Å². The number of carboxylic acids is 1. The van der Waals surface area contributed by atoms with Crippen LogP contribution in [-0.2, 0) is 0 Å². The largest absolute Gasteiger partial charge is 0.478 e. The second-order valence-corrected chi connectivity index (χ2v) is 4.38. The van der Waals surface area contributed by atoms with Gasteiger partial charge in [-0.1, -0.05) is 18.2 Å². The van der Waals surface area contributed by atoms with E-state index in [1.165, 1.54) is 24.1 Å². The van der Waals surface area contributed by atoms with Gasteiger partial charge in [0.15, 0.2) is 0 Å². The quantitative estimate of drug-likeness (QED) is 0.936. The molecule has 0 bridgehead atoms. The van der Waals surface area contributed by atoms with Crippen molar-refractivity contribution < 1.29 is 14.7 Å². The van der Waals surface area contributed by atoms with Crippen LogP contribution in [-0.4, -0.2) is 24.0 Å². The van der Waals surface area contributed by atoms with Gasteiger partial charge in [0.2, 0.25) is 0 Å². The summed E-state index contributed by atoms with van der Waals surface area (Å²) >= 11 is 0. The molecule has 0 unspecified atom stereocenters. The van der Waals surface area contributed by atoms with Crippen LogP contribution >= 0.6 is 0 Å². The van der Waals surface area contributed by atoms with Gasteiger partial charge in [-0.3, -0.25) is 4.79 Å². The molecule has 0 saturated heterocycles. The maximum atomic E-state index is 12.4. The number of carbonyl (C=O) groups excluding carboxylic acids is 1. The van der Waals surface area contributed by atoms with Gasteiger partial charge >= 0.3 is 5.97 Å². The highest BCUT2D eigenvalue weighted by molar-refractivity contribution is 6.09. The molecule has 0 heterocycles. The van der Waals surface area contributed by atoms with E-state index in [0.29, 0.717) is 16.8 Å². The van der Waals surface area contributed by atoms with Crippen LogP contribution in [0.1, 0.15) is 26.3 Å². The molecule has 0 aliphatic rings. The molecule has 5 nitrogen and oxygen atoms in total. The van der Waals surface area contributed by atoms with Crippen molar-refractivity contribution in [2.75, 3.05) is 11.9 Å². The minimum atomic E-state index is -1.10. The number of hydrogen-bond donors (Lipinski definition) is 1. The number of rotatable bonds is 3. The summed E-state index contributed by atoms with van der Waals surface area (Å²) in [6, 6.07) is 14.5. The summed E-state index contributed by atoms with van der Waals surface area (Å²) < 4.78 is 0. The predicted octanol–water partition coefficient (Wildman–Crippen LogP) is 2.53. The first-order valence-electron chi connectivity index (χ1n) is 6.15. The summed E-state index contributed by atoms with van der Waals surface area (Å²) in [5, 5.41) is 18.0. The smallest absolute Gasteiger partial charge is 0.337 e. The summed E-state index contributed by atoms with van der Waals surface area (Å²) in [6.45, 7) is 0. The molecule has 2 aromatic rings. The number of amides is 1. The molecule has 1 amide bonds. The SMILES string of the molecule is CN(C(=O)c1cccc(C#N)c1)c1ccccc1C(=O)O. The third-order valence-corrected chi connectivity index (χ3v) is 3.04. The van der Waals surface area contributed by atoms with Crippen LogP contribution in [0.5, 0.6) is 0 Å². The number of anilines is 1. The number of carbonyl (C=O) groups is 2. The molecule has 2 aromatic carbocycles. The summed E-state index contributed by atoms with van der Waals surface area (Å²) in [5.41, 5.74) is 1.06. The summed E-state index contributed by atoms with van der Waals surface area (Å²) in [7, 11) is 1.50. The highest BCUT2D eigenvalue weighted by Crippen LogP contribution is 2.21. The summed E-state index contributed by atoms with van der Waals surface area (Å²) in [5.74, 6) is -1.48. The van der Waals surface area contributed by atoms with Crippen molar-refractivity contribution in [3.63, 3.8) is 0 Å². The summed E-state index contributed by atoms with van der Waals surface area (Å²) in [4.78, 5) is 24.9. The fourth-order valence-electron chi connectivity index (χ4n) is 1.97. The Morgan fingerprint density at radius 1 is 1.14 bits per heavy atom. The van der Waals surface area contributed by atoms with Gasteiger partial charge < -0.3 is 10.0 Å². The van der Waals surface area contributed by atoms with E-state index in [9.17, 15) is 9.59 Å². The van der Waals surface area contributed by atoms with Gasteiger partial charge in [0.25, 0.3) is 5.91 Å². The van der Waals surface area contributed by atoms with Crippen molar-refractivity contribution in [2.24, 2.45) is 0 Å². The van der Waals surface area contributed by atoms with Crippen molar-refractivity contribution >= 4 is 17.6 Å². The molecular weight excluding hydrogens is 268 g/mol. The van der Waals surface area contributed by atoms with Gasteiger partial charge in [-0.15, -0.1) is 0 Å². The lowest BCUT2D eigenvalue weighted by Crippen LogP contribution is -2.27. The van der Waals surface area contributed by atoms with Gasteiger partial charge in [-0.05, 0) is 30.3 Å². The van der Waals surface area contributed by atoms with Crippen LogP contribution in [0.3, 0.4) is 0 Å². The number of hydrogen-bond acceptors (Lipinski definition) is 3. The molecule has 21 heavy (non-hydrogen) atoms. The normalized spacial score (nSPS) is 9.71. The zero-order valence-electron chi connectivity index (χ0n) is 11.3. The molecule has 0 atom stereocenters. The van der Waals surface area contributed by atoms with Gasteiger partial charge in [0.05, 0.1) is 22.9 Å². The zero-order valence-corrected chi connectivity index (χ0v) is 11.3. The Labute approximate surface area is 121 Å². The highest BCUT2D eigenvalue weighted by atomic mass is 16.4. The van der Waals surface area contributed by atoms with Crippen LogP contribution in [0.15, 0.2) is 48.5 Å². The van der Waals surface area contributed by atoms with E-state index in [-0.39, 0.29) is 11.5 Å². The predicted molar refractivity (Wildman–Crippen MR) is 77.3 cm³/mol. The third kappa shape index (κ3) is 2.90. The van der Waals surface area contributed by atoms with Crippen LogP contribution in [0, 0.1) is 11.3 Å². The lowest BCUT2D eigenvalue weighted by Gasteiger charge is -2.19. The highest BCUT2D eigenvalue weighted by Gasteiger charge is 2.19. The Balaban J connectivity index is 2.40. The Hall–Kier alpha value is -3.13. The lowest BCUT2D eigenvalue weighted by atomic mass is 10.1.